The third-order valence-corrected chi connectivity index (χ3v) is 5.83. The van der Waals surface area contributed by atoms with Crippen molar-refractivity contribution in [2.24, 2.45) is 0 Å². The highest BCUT2D eigenvalue weighted by Gasteiger charge is 2.26. The van der Waals surface area contributed by atoms with Gasteiger partial charge in [0, 0.05) is 18.7 Å². The predicted molar refractivity (Wildman–Crippen MR) is 101 cm³/mol. The number of carbonyl (C=O) groups excluding carboxylic acids is 1. The third-order valence-electron chi connectivity index (χ3n) is 4.45. The molecule has 1 N–H and O–H groups in total. The summed E-state index contributed by atoms with van der Waals surface area (Å²) in [6.07, 6.45) is 1.25. The van der Waals surface area contributed by atoms with Gasteiger partial charge in [-0.2, -0.15) is 0 Å². The zero-order valence-electron chi connectivity index (χ0n) is 15.1. The number of methoxy groups -OCH3 is 1. The van der Waals surface area contributed by atoms with Crippen molar-refractivity contribution in [3.63, 3.8) is 0 Å². The van der Waals surface area contributed by atoms with Crippen LogP contribution in [-0.4, -0.2) is 28.0 Å². The van der Waals surface area contributed by atoms with Crippen molar-refractivity contribution >= 4 is 27.3 Å². The van der Waals surface area contributed by atoms with Crippen LogP contribution in [0.1, 0.15) is 24.0 Å². The molecule has 1 amide bonds. The second kappa shape index (κ2) is 6.99. The van der Waals surface area contributed by atoms with Crippen LogP contribution in [0.15, 0.2) is 41.3 Å². The van der Waals surface area contributed by atoms with Gasteiger partial charge in [-0.1, -0.05) is 17.7 Å². The summed E-state index contributed by atoms with van der Waals surface area (Å²) in [5, 5.41) is 0. The fourth-order valence-corrected chi connectivity index (χ4v) is 4.41. The van der Waals surface area contributed by atoms with Gasteiger partial charge in [-0.3, -0.25) is 9.52 Å². The molecule has 1 saturated heterocycles. The van der Waals surface area contributed by atoms with E-state index in [1.54, 1.807) is 23.1 Å². The van der Waals surface area contributed by atoms with Crippen LogP contribution in [0, 0.1) is 13.8 Å². The van der Waals surface area contributed by atoms with E-state index in [-0.39, 0.29) is 16.6 Å². The second-order valence-electron chi connectivity index (χ2n) is 6.41. The van der Waals surface area contributed by atoms with Crippen molar-refractivity contribution in [2.45, 2.75) is 31.6 Å². The molecule has 1 heterocycles. The van der Waals surface area contributed by atoms with Crippen molar-refractivity contribution in [3.8, 4) is 5.75 Å². The number of hydrogen-bond acceptors (Lipinski definition) is 4. The van der Waals surface area contributed by atoms with Gasteiger partial charge in [0.2, 0.25) is 5.91 Å². The summed E-state index contributed by atoms with van der Waals surface area (Å²) < 4.78 is 33.8. The number of sulfonamides is 1. The maximum absolute atomic E-state index is 13.0. The summed E-state index contributed by atoms with van der Waals surface area (Å²) in [5.41, 5.74) is 2.96. The van der Waals surface area contributed by atoms with Gasteiger partial charge in [0.05, 0.1) is 12.8 Å². The largest absolute Gasteiger partial charge is 0.495 e. The average Bonchev–Trinajstić information content (AvgIpc) is 3.03. The van der Waals surface area contributed by atoms with Gasteiger partial charge in [-0.15, -0.1) is 0 Å². The lowest BCUT2D eigenvalue weighted by atomic mass is 10.1. The summed E-state index contributed by atoms with van der Waals surface area (Å²) in [4.78, 5) is 13.6. The van der Waals surface area contributed by atoms with Crippen LogP contribution in [0.3, 0.4) is 0 Å². The van der Waals surface area contributed by atoms with Gasteiger partial charge in [0.15, 0.2) is 0 Å². The molecule has 2 aromatic carbocycles. The Morgan fingerprint density at radius 2 is 1.88 bits per heavy atom. The smallest absolute Gasteiger partial charge is 0.265 e. The van der Waals surface area contributed by atoms with E-state index in [9.17, 15) is 13.2 Å². The summed E-state index contributed by atoms with van der Waals surface area (Å²) in [6.45, 7) is 4.39. The molecule has 0 atom stereocenters. The summed E-state index contributed by atoms with van der Waals surface area (Å²) >= 11 is 0. The number of amides is 1. The molecule has 7 heteroatoms. The SMILES string of the molecule is COc1ccc(N2CCCC2=O)cc1S(=O)(=O)Nc1ccc(C)cc1C. The van der Waals surface area contributed by atoms with Gasteiger partial charge < -0.3 is 9.64 Å². The Bertz CT molecular complexity index is 954. The molecule has 0 bridgehead atoms. The molecule has 1 aliphatic heterocycles. The van der Waals surface area contributed by atoms with Crippen LogP contribution >= 0.6 is 0 Å². The number of nitrogens with zero attached hydrogens (tertiary/aromatic N) is 1. The molecule has 0 saturated carbocycles. The highest BCUT2D eigenvalue weighted by Crippen LogP contribution is 2.32. The average molecular weight is 374 g/mol. The first kappa shape index (κ1) is 18.3. The summed E-state index contributed by atoms with van der Waals surface area (Å²) in [7, 11) is -2.45. The molecule has 26 heavy (non-hydrogen) atoms. The molecule has 0 unspecified atom stereocenters. The van der Waals surface area contributed by atoms with Crippen molar-refractivity contribution in [1.82, 2.24) is 0 Å². The molecular formula is C19H22N2O4S. The highest BCUT2D eigenvalue weighted by molar-refractivity contribution is 7.92. The lowest BCUT2D eigenvalue weighted by Gasteiger charge is -2.19. The van der Waals surface area contributed by atoms with E-state index < -0.39 is 10.0 Å². The molecule has 6 nitrogen and oxygen atoms in total. The van der Waals surface area contributed by atoms with Gasteiger partial charge in [0.1, 0.15) is 10.6 Å². The van der Waals surface area contributed by atoms with Crippen LogP contribution in [-0.2, 0) is 14.8 Å². The first-order valence-electron chi connectivity index (χ1n) is 8.40. The number of rotatable bonds is 5. The van der Waals surface area contributed by atoms with Crippen molar-refractivity contribution < 1.29 is 17.9 Å². The number of carbonyl (C=O) groups is 1. The Labute approximate surface area is 153 Å². The minimum atomic E-state index is -3.87. The minimum Gasteiger partial charge on any atom is -0.495 e. The number of benzene rings is 2. The minimum absolute atomic E-state index is 0.000790. The predicted octanol–water partition coefficient (Wildman–Crippen LogP) is 3.24. The number of ether oxygens (including phenoxy) is 1. The zero-order chi connectivity index (χ0) is 18.9. The van der Waals surface area contributed by atoms with Crippen molar-refractivity contribution in [2.75, 3.05) is 23.3 Å². The second-order valence-corrected chi connectivity index (χ2v) is 8.06. The maximum atomic E-state index is 13.0. The lowest BCUT2D eigenvalue weighted by Crippen LogP contribution is -2.24. The normalized spacial score (nSPS) is 14.6. The Kier molecular flexibility index (Phi) is 4.91. The lowest BCUT2D eigenvalue weighted by molar-refractivity contribution is -0.117. The summed E-state index contributed by atoms with van der Waals surface area (Å²) in [6, 6.07) is 10.3. The van der Waals surface area contributed by atoms with E-state index in [0.29, 0.717) is 24.3 Å². The molecule has 3 rings (SSSR count). The highest BCUT2D eigenvalue weighted by atomic mass is 32.2. The molecule has 0 spiro atoms. The van der Waals surface area contributed by atoms with Crippen LogP contribution in [0.25, 0.3) is 0 Å². The van der Waals surface area contributed by atoms with Gasteiger partial charge in [-0.05, 0) is 50.1 Å². The van der Waals surface area contributed by atoms with E-state index in [1.165, 1.54) is 13.2 Å². The van der Waals surface area contributed by atoms with E-state index >= 15 is 0 Å². The molecule has 0 aliphatic carbocycles. The molecular weight excluding hydrogens is 352 g/mol. The topological polar surface area (TPSA) is 75.7 Å². The number of hydrogen-bond donors (Lipinski definition) is 1. The van der Waals surface area contributed by atoms with Gasteiger partial charge in [-0.25, -0.2) is 8.42 Å². The maximum Gasteiger partial charge on any atom is 0.265 e. The van der Waals surface area contributed by atoms with Crippen LogP contribution in [0.2, 0.25) is 0 Å². The van der Waals surface area contributed by atoms with Crippen LogP contribution in [0.4, 0.5) is 11.4 Å². The molecule has 1 aliphatic rings. The molecule has 0 aromatic heterocycles. The standard InChI is InChI=1S/C19H22N2O4S/c1-13-6-8-16(14(2)11-13)20-26(23,24)18-12-15(7-9-17(18)25-3)21-10-4-5-19(21)22/h6-9,11-12,20H,4-5,10H2,1-3H3. The van der Waals surface area contributed by atoms with Crippen molar-refractivity contribution in [3.05, 3.63) is 47.5 Å². The van der Waals surface area contributed by atoms with E-state index in [1.807, 2.05) is 26.0 Å². The Balaban J connectivity index is 2.01. The number of anilines is 2. The van der Waals surface area contributed by atoms with Gasteiger partial charge >= 0.3 is 0 Å². The molecule has 2 aromatic rings. The van der Waals surface area contributed by atoms with E-state index in [0.717, 1.165) is 17.5 Å². The quantitative estimate of drug-likeness (QED) is 0.872. The van der Waals surface area contributed by atoms with Crippen LogP contribution < -0.4 is 14.4 Å². The van der Waals surface area contributed by atoms with E-state index in [2.05, 4.69) is 4.72 Å². The van der Waals surface area contributed by atoms with Gasteiger partial charge in [0.25, 0.3) is 10.0 Å². The fraction of sp³-hybridized carbons (Fsp3) is 0.316. The number of aryl methyl sites for hydroxylation is 2. The Morgan fingerprint density at radius 1 is 1.12 bits per heavy atom. The zero-order valence-corrected chi connectivity index (χ0v) is 15.9. The fourth-order valence-electron chi connectivity index (χ4n) is 3.09. The first-order valence-corrected chi connectivity index (χ1v) is 9.88. The monoisotopic (exact) mass is 374 g/mol. The number of nitrogens with one attached hydrogen (secondary N) is 1. The molecule has 1 fully saturated rings. The van der Waals surface area contributed by atoms with Crippen molar-refractivity contribution in [1.29, 1.82) is 0 Å². The third kappa shape index (κ3) is 3.53. The summed E-state index contributed by atoms with van der Waals surface area (Å²) in [5.74, 6) is 0.235. The molecule has 0 radical (unpaired) electrons. The van der Waals surface area contributed by atoms with E-state index in [4.69, 9.17) is 4.74 Å². The Morgan fingerprint density at radius 3 is 2.50 bits per heavy atom. The van der Waals surface area contributed by atoms with Crippen LogP contribution in [0.5, 0.6) is 5.75 Å². The first-order chi connectivity index (χ1) is 12.3. The molecule has 138 valence electrons. The Hall–Kier alpha value is -2.54.